The van der Waals surface area contributed by atoms with E-state index in [9.17, 15) is 4.79 Å². The molecule has 2 aromatic rings. The van der Waals surface area contributed by atoms with Crippen LogP contribution < -0.4 is 14.2 Å². The van der Waals surface area contributed by atoms with Gasteiger partial charge in [-0.15, -0.1) is 0 Å². The number of benzene rings is 2. The highest BCUT2D eigenvalue weighted by atomic mass is 16.5. The molecule has 1 heterocycles. The number of amides is 1. The van der Waals surface area contributed by atoms with Crippen LogP contribution in [0.25, 0.3) is 0 Å². The maximum atomic E-state index is 12.3. The van der Waals surface area contributed by atoms with Gasteiger partial charge in [-0.3, -0.25) is 4.79 Å². The molecule has 0 N–H and O–H groups in total. The Kier molecular flexibility index (Phi) is 4.83. The molecule has 5 nitrogen and oxygen atoms in total. The number of rotatable bonds is 4. The molecular weight excluding hydrogens is 318 g/mol. The smallest absolute Gasteiger partial charge is 0.220 e. The van der Waals surface area contributed by atoms with Crippen LogP contribution in [0.3, 0.4) is 0 Å². The Morgan fingerprint density at radius 2 is 1.76 bits per heavy atom. The molecule has 0 aromatic heterocycles. The lowest BCUT2D eigenvalue weighted by Gasteiger charge is -2.37. The number of nitrogens with zero attached hydrogens (tertiary/aromatic N) is 1. The molecule has 25 heavy (non-hydrogen) atoms. The first-order chi connectivity index (χ1) is 12.1. The third-order valence-electron chi connectivity index (χ3n) is 4.69. The first-order valence-corrected chi connectivity index (χ1v) is 8.25. The van der Waals surface area contributed by atoms with Crippen molar-refractivity contribution in [2.24, 2.45) is 0 Å². The summed E-state index contributed by atoms with van der Waals surface area (Å²) in [6.07, 6.45) is 0.787. The zero-order valence-corrected chi connectivity index (χ0v) is 15.0. The summed E-state index contributed by atoms with van der Waals surface area (Å²) in [6, 6.07) is 11.7. The molecule has 0 bridgehead atoms. The van der Waals surface area contributed by atoms with Crippen LogP contribution in [0.1, 0.15) is 29.7 Å². The average Bonchev–Trinajstić information content (AvgIpc) is 2.65. The minimum atomic E-state index is -0.170. The lowest BCUT2D eigenvalue weighted by Crippen LogP contribution is -2.39. The molecule has 0 saturated carbocycles. The lowest BCUT2D eigenvalue weighted by atomic mass is 9.87. The molecule has 0 radical (unpaired) electrons. The predicted octanol–water partition coefficient (Wildman–Crippen LogP) is 3.21. The first-order valence-electron chi connectivity index (χ1n) is 8.25. The second-order valence-electron chi connectivity index (χ2n) is 6.05. The number of hydrogen-bond acceptors (Lipinski definition) is 4. The highest BCUT2D eigenvalue weighted by molar-refractivity contribution is 5.75. The Labute approximate surface area is 148 Å². The van der Waals surface area contributed by atoms with Crippen molar-refractivity contribution in [2.75, 3.05) is 27.9 Å². The fourth-order valence-electron chi connectivity index (χ4n) is 3.46. The summed E-state index contributed by atoms with van der Waals surface area (Å²) in [7, 11) is 4.90. The number of hydrogen-bond donors (Lipinski definition) is 0. The van der Waals surface area contributed by atoms with Gasteiger partial charge in [0.1, 0.15) is 5.75 Å². The van der Waals surface area contributed by atoms with E-state index < -0.39 is 0 Å². The molecule has 0 fully saturated rings. The molecular formula is C20H23NO4. The standard InChI is InChI=1S/C20H23NO4/c1-13(22)21-9-8-14-11-18(24-3)19(25-4)12-17(14)20(21)15-6-5-7-16(10-15)23-2/h5-7,10-12,20H,8-9H2,1-4H3. The predicted molar refractivity (Wildman–Crippen MR) is 95.5 cm³/mol. The zero-order chi connectivity index (χ0) is 18.0. The topological polar surface area (TPSA) is 48.0 Å². The molecule has 1 amide bonds. The molecule has 3 rings (SSSR count). The van der Waals surface area contributed by atoms with E-state index in [1.54, 1.807) is 28.3 Å². The van der Waals surface area contributed by atoms with Crippen LogP contribution in [-0.4, -0.2) is 38.7 Å². The van der Waals surface area contributed by atoms with Gasteiger partial charge in [-0.1, -0.05) is 12.1 Å². The number of carbonyl (C=O) groups is 1. The fourth-order valence-corrected chi connectivity index (χ4v) is 3.46. The van der Waals surface area contributed by atoms with Crippen molar-refractivity contribution in [1.29, 1.82) is 0 Å². The Morgan fingerprint density at radius 1 is 1.04 bits per heavy atom. The van der Waals surface area contributed by atoms with E-state index in [1.807, 2.05) is 41.3 Å². The highest BCUT2D eigenvalue weighted by Gasteiger charge is 2.32. The summed E-state index contributed by atoms with van der Waals surface area (Å²) in [4.78, 5) is 14.2. The SMILES string of the molecule is COc1cccc(C2c3cc(OC)c(OC)cc3CCN2C(C)=O)c1. The van der Waals surface area contributed by atoms with Crippen LogP contribution in [0.4, 0.5) is 0 Å². The number of ether oxygens (including phenoxy) is 3. The van der Waals surface area contributed by atoms with Crippen LogP contribution in [0.15, 0.2) is 36.4 Å². The van der Waals surface area contributed by atoms with Crippen LogP contribution in [0.2, 0.25) is 0 Å². The van der Waals surface area contributed by atoms with E-state index in [-0.39, 0.29) is 11.9 Å². The van der Waals surface area contributed by atoms with E-state index >= 15 is 0 Å². The summed E-state index contributed by atoms with van der Waals surface area (Å²) in [5.74, 6) is 2.20. The molecule has 5 heteroatoms. The van der Waals surface area contributed by atoms with Gasteiger partial charge in [-0.05, 0) is 47.4 Å². The quantitative estimate of drug-likeness (QED) is 0.857. The van der Waals surface area contributed by atoms with Gasteiger partial charge < -0.3 is 19.1 Å². The number of methoxy groups -OCH3 is 3. The molecule has 1 aliphatic heterocycles. The van der Waals surface area contributed by atoms with Gasteiger partial charge in [-0.2, -0.15) is 0 Å². The van der Waals surface area contributed by atoms with Gasteiger partial charge in [0.25, 0.3) is 0 Å². The molecule has 0 spiro atoms. The highest BCUT2D eigenvalue weighted by Crippen LogP contribution is 2.41. The van der Waals surface area contributed by atoms with Gasteiger partial charge in [0, 0.05) is 13.5 Å². The number of fused-ring (bicyclic) bond motifs is 1. The monoisotopic (exact) mass is 341 g/mol. The summed E-state index contributed by atoms with van der Waals surface area (Å²) in [5.41, 5.74) is 3.25. The van der Waals surface area contributed by atoms with Crippen LogP contribution in [0, 0.1) is 0 Å². The first kappa shape index (κ1) is 17.1. The fraction of sp³-hybridized carbons (Fsp3) is 0.350. The maximum absolute atomic E-state index is 12.3. The van der Waals surface area contributed by atoms with E-state index in [2.05, 4.69) is 0 Å². The molecule has 0 aliphatic carbocycles. The van der Waals surface area contributed by atoms with E-state index in [0.717, 1.165) is 23.3 Å². The van der Waals surface area contributed by atoms with E-state index in [4.69, 9.17) is 14.2 Å². The summed E-state index contributed by atoms with van der Waals surface area (Å²) >= 11 is 0. The van der Waals surface area contributed by atoms with Crippen molar-refractivity contribution in [1.82, 2.24) is 4.90 Å². The largest absolute Gasteiger partial charge is 0.497 e. The van der Waals surface area contributed by atoms with E-state index in [1.165, 1.54) is 5.56 Å². The normalized spacial score (nSPS) is 16.2. The summed E-state index contributed by atoms with van der Waals surface area (Å²) < 4.78 is 16.3. The van der Waals surface area contributed by atoms with Gasteiger partial charge >= 0.3 is 0 Å². The lowest BCUT2D eigenvalue weighted by molar-refractivity contribution is -0.130. The van der Waals surface area contributed by atoms with Crippen LogP contribution >= 0.6 is 0 Å². The van der Waals surface area contributed by atoms with Crippen molar-refractivity contribution in [3.63, 3.8) is 0 Å². The van der Waals surface area contributed by atoms with Crippen LogP contribution in [0.5, 0.6) is 17.2 Å². The summed E-state index contributed by atoms with van der Waals surface area (Å²) in [6.45, 7) is 2.28. The van der Waals surface area contributed by atoms with Crippen molar-refractivity contribution in [3.8, 4) is 17.2 Å². The Morgan fingerprint density at radius 3 is 2.40 bits per heavy atom. The Balaban J connectivity index is 2.17. The third kappa shape index (κ3) is 3.14. The molecule has 1 unspecified atom stereocenters. The third-order valence-corrected chi connectivity index (χ3v) is 4.69. The van der Waals surface area contributed by atoms with Gasteiger partial charge in [-0.25, -0.2) is 0 Å². The number of carbonyl (C=O) groups excluding carboxylic acids is 1. The maximum Gasteiger partial charge on any atom is 0.220 e. The van der Waals surface area contributed by atoms with E-state index in [0.29, 0.717) is 18.0 Å². The zero-order valence-electron chi connectivity index (χ0n) is 15.0. The minimum Gasteiger partial charge on any atom is -0.497 e. The van der Waals surface area contributed by atoms with Crippen molar-refractivity contribution >= 4 is 5.91 Å². The molecule has 2 aromatic carbocycles. The van der Waals surface area contributed by atoms with Crippen molar-refractivity contribution < 1.29 is 19.0 Å². The summed E-state index contributed by atoms with van der Waals surface area (Å²) in [5, 5.41) is 0. The second kappa shape index (κ2) is 7.05. The van der Waals surface area contributed by atoms with Crippen molar-refractivity contribution in [2.45, 2.75) is 19.4 Å². The van der Waals surface area contributed by atoms with Crippen LogP contribution in [-0.2, 0) is 11.2 Å². The minimum absolute atomic E-state index is 0.0493. The molecule has 132 valence electrons. The molecule has 1 aliphatic rings. The Hall–Kier alpha value is -2.69. The molecule has 0 saturated heterocycles. The second-order valence-corrected chi connectivity index (χ2v) is 6.05. The Bertz CT molecular complexity index is 787. The average molecular weight is 341 g/mol. The van der Waals surface area contributed by atoms with Crippen molar-refractivity contribution in [3.05, 3.63) is 53.1 Å². The van der Waals surface area contributed by atoms with Gasteiger partial charge in [0.2, 0.25) is 5.91 Å². The van der Waals surface area contributed by atoms with Gasteiger partial charge in [0.05, 0.1) is 27.4 Å². The molecule has 1 atom stereocenters. The van der Waals surface area contributed by atoms with Gasteiger partial charge in [0.15, 0.2) is 11.5 Å².